The Labute approximate surface area is 511 Å². The van der Waals surface area contributed by atoms with Gasteiger partial charge in [-0.3, -0.25) is 15.0 Å². The lowest BCUT2D eigenvalue weighted by Crippen LogP contribution is -2.35. The maximum atomic E-state index is 7.15. The average molecular weight is 1210 g/mol. The summed E-state index contributed by atoms with van der Waals surface area (Å²) < 4.78 is 111. The van der Waals surface area contributed by atoms with Crippen molar-refractivity contribution in [1.82, 2.24) is 15.0 Å². The quantitative estimate of drug-likeness (QED) is 0.0334. The molecule has 0 unspecified atom stereocenters. The topological polar surface area (TPSA) is 214 Å². The van der Waals surface area contributed by atoms with Crippen LogP contribution in [0.2, 0.25) is 0 Å². The Morgan fingerprint density at radius 3 is 0.759 bits per heavy atom. The molecule has 22 heteroatoms. The molecule has 0 bridgehead atoms. The second-order valence-electron chi connectivity index (χ2n) is 18.9. The van der Waals surface area contributed by atoms with Gasteiger partial charge >= 0.3 is 0 Å². The summed E-state index contributed by atoms with van der Waals surface area (Å²) >= 11 is 0. The van der Waals surface area contributed by atoms with Gasteiger partial charge in [-0.05, 0) is 89.5 Å². The van der Waals surface area contributed by atoms with Crippen LogP contribution in [0.15, 0.2) is 128 Å². The van der Waals surface area contributed by atoms with E-state index in [0.717, 1.165) is 16.7 Å². The highest BCUT2D eigenvalue weighted by atomic mass is 16.6. The van der Waals surface area contributed by atoms with Crippen LogP contribution in [0.25, 0.3) is 0 Å². The van der Waals surface area contributed by atoms with E-state index in [2.05, 4.69) is 0 Å². The van der Waals surface area contributed by atoms with Crippen molar-refractivity contribution in [2.24, 2.45) is 0 Å². The Kier molecular flexibility index (Phi) is 35.1. The molecule has 6 aromatic rings. The van der Waals surface area contributed by atoms with Gasteiger partial charge in [0.15, 0.2) is 5.60 Å². The molecule has 22 nitrogen and oxygen atoms in total. The molecule has 3 heterocycles. The van der Waals surface area contributed by atoms with E-state index in [0.29, 0.717) is 184 Å². The summed E-state index contributed by atoms with van der Waals surface area (Å²) in [7, 11) is 6.54. The van der Waals surface area contributed by atoms with Gasteiger partial charge in [-0.1, -0.05) is 18.2 Å². The molecule has 0 saturated heterocycles. The zero-order valence-corrected chi connectivity index (χ0v) is 50.8. The summed E-state index contributed by atoms with van der Waals surface area (Å²) in [4.78, 5) is 14.5. The predicted molar refractivity (Wildman–Crippen MR) is 321 cm³/mol. The number of nitrogens with zero attached hydrogens (tertiary/aromatic N) is 3. The normalized spacial score (nSPS) is 11.4. The van der Waals surface area contributed by atoms with E-state index in [9.17, 15) is 0 Å². The highest BCUT2D eigenvalue weighted by Crippen LogP contribution is 2.39. The van der Waals surface area contributed by atoms with Crippen LogP contribution in [-0.4, -0.2) is 202 Å². The molecule has 6 rings (SSSR count). The first kappa shape index (κ1) is 69.5. The molecule has 0 atom stereocenters. The van der Waals surface area contributed by atoms with Crippen LogP contribution >= 0.6 is 0 Å². The monoisotopic (exact) mass is 1210 g/mol. The Bertz CT molecular complexity index is 2390. The van der Waals surface area contributed by atoms with Gasteiger partial charge in [-0.15, -0.1) is 0 Å². The number of hydrogen-bond donors (Lipinski definition) is 0. The first-order chi connectivity index (χ1) is 43.0. The molecular weight excluding hydrogens is 1130 g/mol. The summed E-state index contributed by atoms with van der Waals surface area (Å²) in [6, 6.07) is 34.0. The lowest BCUT2D eigenvalue weighted by molar-refractivity contribution is -0.00883. The van der Waals surface area contributed by atoms with E-state index >= 15 is 0 Å². The minimum absolute atomic E-state index is 0.0469. The second kappa shape index (κ2) is 43.9. The minimum atomic E-state index is -1.33. The smallest absolute Gasteiger partial charge is 0.194 e. The third kappa shape index (κ3) is 27.5. The molecule has 0 aliphatic heterocycles. The van der Waals surface area contributed by atoms with Crippen LogP contribution < -0.4 is 28.4 Å². The predicted octanol–water partition coefficient (Wildman–Crippen LogP) is 7.77. The summed E-state index contributed by atoms with van der Waals surface area (Å²) in [6.45, 7) is 10.4. The van der Waals surface area contributed by atoms with Crippen LogP contribution in [-0.2, 0) is 87.0 Å². The first-order valence-electron chi connectivity index (χ1n) is 29.2. The fraction of sp³-hybridized carbons (Fsp3) is 0.492. The van der Waals surface area contributed by atoms with Gasteiger partial charge in [0.2, 0.25) is 0 Å². The second-order valence-corrected chi connectivity index (χ2v) is 18.9. The maximum Gasteiger partial charge on any atom is 0.194 e. The molecule has 87 heavy (non-hydrogen) atoms. The SMILES string of the molecule is COCCOCCOCCOc1cc(COc2cc(COC(c3ccccn3)(c3ccccn3)c3ccccn3)cc(OCc3cc(OCCOCCOCCOC)cc(OCCOCCOCCOC)c3)c2)cc(OCCOCCOCCOC)c1. The van der Waals surface area contributed by atoms with Crippen LogP contribution in [0.1, 0.15) is 33.8 Å². The van der Waals surface area contributed by atoms with Crippen molar-refractivity contribution in [3.8, 4) is 34.5 Å². The molecule has 0 aliphatic carbocycles. The van der Waals surface area contributed by atoms with E-state index in [4.69, 9.17) is 105 Å². The lowest BCUT2D eigenvalue weighted by Gasteiger charge is -2.32. The van der Waals surface area contributed by atoms with Gasteiger partial charge in [0, 0.05) is 65.2 Å². The van der Waals surface area contributed by atoms with Gasteiger partial charge in [-0.25, -0.2) is 0 Å². The fourth-order valence-electron chi connectivity index (χ4n) is 8.23. The summed E-state index contributed by atoms with van der Waals surface area (Å²) in [6.07, 6.45) is 5.18. The Morgan fingerprint density at radius 2 is 0.506 bits per heavy atom. The van der Waals surface area contributed by atoms with Crippen LogP contribution in [0.4, 0.5) is 0 Å². The number of aromatic nitrogens is 3. The van der Waals surface area contributed by atoms with Crippen LogP contribution in [0.3, 0.4) is 0 Å². The third-order valence-electron chi connectivity index (χ3n) is 12.4. The van der Waals surface area contributed by atoms with Gasteiger partial charge < -0.3 is 90.0 Å². The van der Waals surface area contributed by atoms with Crippen molar-refractivity contribution in [3.05, 3.63) is 162 Å². The molecule has 3 aromatic heterocycles. The number of hydrogen-bond acceptors (Lipinski definition) is 22. The van der Waals surface area contributed by atoms with E-state index in [1.807, 2.05) is 109 Å². The summed E-state index contributed by atoms with van der Waals surface area (Å²) in [5.74, 6) is 3.27. The Morgan fingerprint density at radius 1 is 0.264 bits per heavy atom. The number of rotatable bonds is 52. The molecule has 0 N–H and O–H groups in total. The molecule has 0 spiro atoms. The van der Waals surface area contributed by atoms with Crippen molar-refractivity contribution in [1.29, 1.82) is 0 Å². The highest BCUT2D eigenvalue weighted by Gasteiger charge is 2.42. The number of pyridine rings is 3. The summed E-state index contributed by atoms with van der Waals surface area (Å²) in [5, 5.41) is 0. The highest BCUT2D eigenvalue weighted by molar-refractivity contribution is 5.43. The van der Waals surface area contributed by atoms with Crippen molar-refractivity contribution in [2.45, 2.75) is 25.4 Å². The molecule has 476 valence electrons. The van der Waals surface area contributed by atoms with E-state index in [-0.39, 0.29) is 46.2 Å². The fourth-order valence-corrected chi connectivity index (χ4v) is 8.23. The maximum absolute atomic E-state index is 7.15. The number of benzene rings is 3. The average Bonchev–Trinajstić information content (AvgIpc) is 0.990. The number of methoxy groups -OCH3 is 4. The molecule has 0 saturated carbocycles. The van der Waals surface area contributed by atoms with Gasteiger partial charge in [0.1, 0.15) is 74.1 Å². The molecule has 3 aromatic carbocycles. The summed E-state index contributed by atoms with van der Waals surface area (Å²) in [5.41, 5.74) is 2.74. The molecule has 0 amide bonds. The van der Waals surface area contributed by atoms with Gasteiger partial charge in [-0.2, -0.15) is 0 Å². The standard InChI is InChI=1S/C65H87N3O19/c1-69-17-21-73-25-29-77-33-37-81-56-41-53(42-57(47-56)82-38-34-78-30-26-74-22-18-70-2)50-85-60-45-55(52-87-65(62-11-5-8-14-66-62,63-12-6-9-15-67-63)64-13-7-10-16-68-64)46-61(49-60)86-51-54-43-58(83-39-35-79-31-27-75-23-19-71-3)48-59(44-54)84-40-36-80-32-28-76-24-20-72-4/h5-16,41-49H,17-40,50-52H2,1-4H3. The first-order valence-corrected chi connectivity index (χ1v) is 29.2. The largest absolute Gasteiger partial charge is 0.491 e. The van der Waals surface area contributed by atoms with Crippen molar-refractivity contribution in [3.63, 3.8) is 0 Å². The van der Waals surface area contributed by atoms with Crippen molar-refractivity contribution < 1.29 is 90.0 Å². The van der Waals surface area contributed by atoms with Crippen molar-refractivity contribution in [2.75, 3.05) is 187 Å². The van der Waals surface area contributed by atoms with E-state index in [1.165, 1.54) is 0 Å². The zero-order valence-electron chi connectivity index (χ0n) is 50.8. The number of ether oxygens (including phenoxy) is 19. The van der Waals surface area contributed by atoms with Crippen LogP contribution in [0, 0.1) is 0 Å². The Hall–Kier alpha value is -6.61. The Balaban J connectivity index is 1.25. The van der Waals surface area contributed by atoms with E-state index < -0.39 is 5.60 Å². The van der Waals surface area contributed by atoms with Gasteiger partial charge in [0.25, 0.3) is 0 Å². The third-order valence-corrected chi connectivity index (χ3v) is 12.4. The zero-order chi connectivity index (χ0) is 60.9. The minimum Gasteiger partial charge on any atom is -0.491 e. The molecular formula is C65H87N3O19. The van der Waals surface area contributed by atoms with Gasteiger partial charge in [0.05, 0.1) is 156 Å². The van der Waals surface area contributed by atoms with Crippen molar-refractivity contribution >= 4 is 0 Å². The molecule has 0 fully saturated rings. The molecule has 0 radical (unpaired) electrons. The lowest BCUT2D eigenvalue weighted by atomic mass is 9.89. The van der Waals surface area contributed by atoms with Crippen LogP contribution in [0.5, 0.6) is 34.5 Å². The van der Waals surface area contributed by atoms with E-state index in [1.54, 1.807) is 47.0 Å². The molecule has 0 aliphatic rings.